The first-order valence-corrected chi connectivity index (χ1v) is 6.88. The van der Waals surface area contributed by atoms with Crippen LogP contribution in [0.1, 0.15) is 11.1 Å². The molecule has 3 N–H and O–H groups in total. The number of nitrogen functional groups attached to an aromatic ring is 1. The van der Waals surface area contributed by atoms with E-state index >= 15 is 0 Å². The van der Waals surface area contributed by atoms with Crippen LogP contribution in [-0.4, -0.2) is 20.0 Å². The Morgan fingerprint density at radius 3 is 2.38 bits per heavy atom. The fourth-order valence-electron chi connectivity index (χ4n) is 2.08. The highest BCUT2D eigenvalue weighted by molar-refractivity contribution is 5.93. The van der Waals surface area contributed by atoms with Crippen molar-refractivity contribution in [2.45, 2.75) is 13.3 Å². The third-order valence-corrected chi connectivity index (χ3v) is 3.34. The summed E-state index contributed by atoms with van der Waals surface area (Å²) >= 11 is 0. The van der Waals surface area contributed by atoms with Crippen molar-refractivity contribution in [1.82, 2.24) is 0 Å². The molecule has 0 fully saturated rings. The molecule has 0 aliphatic heterocycles. The molecule has 0 unspecified atom stereocenters. The minimum atomic E-state index is -0.0273. The molecule has 2 aromatic carbocycles. The number of carbonyl (C=O) groups is 1. The minimum Gasteiger partial charge on any atom is -0.399 e. The Bertz CT molecular complexity index is 633. The first kappa shape index (κ1) is 14.9. The lowest BCUT2D eigenvalue weighted by Gasteiger charge is -2.15. The zero-order valence-corrected chi connectivity index (χ0v) is 12.7. The SMILES string of the molecule is Cc1cc(N(C)C)ccc1NC(=O)Cc1ccc(N)cc1. The largest absolute Gasteiger partial charge is 0.399 e. The summed E-state index contributed by atoms with van der Waals surface area (Å²) in [4.78, 5) is 14.1. The first-order valence-electron chi connectivity index (χ1n) is 6.88. The van der Waals surface area contributed by atoms with Crippen molar-refractivity contribution in [2.75, 3.05) is 30.0 Å². The highest BCUT2D eigenvalue weighted by atomic mass is 16.1. The van der Waals surface area contributed by atoms with E-state index in [4.69, 9.17) is 5.73 Å². The van der Waals surface area contributed by atoms with Crippen molar-refractivity contribution in [3.63, 3.8) is 0 Å². The van der Waals surface area contributed by atoms with E-state index in [1.54, 1.807) is 12.1 Å². The van der Waals surface area contributed by atoms with Gasteiger partial charge in [-0.2, -0.15) is 0 Å². The molecule has 1 amide bonds. The quantitative estimate of drug-likeness (QED) is 0.848. The average molecular weight is 283 g/mol. The van der Waals surface area contributed by atoms with Gasteiger partial charge in [-0.3, -0.25) is 4.79 Å². The normalized spacial score (nSPS) is 10.2. The summed E-state index contributed by atoms with van der Waals surface area (Å²) in [6.45, 7) is 1.99. The van der Waals surface area contributed by atoms with E-state index in [2.05, 4.69) is 11.4 Å². The number of hydrogen-bond acceptors (Lipinski definition) is 3. The van der Waals surface area contributed by atoms with Crippen LogP contribution in [-0.2, 0) is 11.2 Å². The molecule has 2 aromatic rings. The molecule has 0 saturated carbocycles. The molecule has 21 heavy (non-hydrogen) atoms. The molecule has 0 saturated heterocycles. The topological polar surface area (TPSA) is 58.4 Å². The number of carbonyl (C=O) groups excluding carboxylic acids is 1. The third-order valence-electron chi connectivity index (χ3n) is 3.34. The van der Waals surface area contributed by atoms with Gasteiger partial charge >= 0.3 is 0 Å². The van der Waals surface area contributed by atoms with Gasteiger partial charge in [0.05, 0.1) is 6.42 Å². The predicted molar refractivity (Wildman–Crippen MR) is 88.7 cm³/mol. The molecule has 0 aliphatic carbocycles. The molecule has 4 heteroatoms. The second kappa shape index (κ2) is 6.31. The first-order chi connectivity index (χ1) is 9.95. The molecule has 0 radical (unpaired) electrons. The van der Waals surface area contributed by atoms with Gasteiger partial charge < -0.3 is 16.0 Å². The fourth-order valence-corrected chi connectivity index (χ4v) is 2.08. The Hall–Kier alpha value is -2.49. The van der Waals surface area contributed by atoms with Crippen LogP contribution in [0, 0.1) is 6.92 Å². The van der Waals surface area contributed by atoms with Crippen molar-refractivity contribution < 1.29 is 4.79 Å². The van der Waals surface area contributed by atoms with Crippen LogP contribution in [0.25, 0.3) is 0 Å². The van der Waals surface area contributed by atoms with Crippen molar-refractivity contribution in [2.24, 2.45) is 0 Å². The Kier molecular flexibility index (Phi) is 4.48. The van der Waals surface area contributed by atoms with Crippen molar-refractivity contribution in [3.8, 4) is 0 Å². The molecule has 0 aromatic heterocycles. The minimum absolute atomic E-state index is 0.0273. The van der Waals surface area contributed by atoms with E-state index in [1.165, 1.54) is 0 Å². The lowest BCUT2D eigenvalue weighted by molar-refractivity contribution is -0.115. The number of nitrogens with zero attached hydrogens (tertiary/aromatic N) is 1. The highest BCUT2D eigenvalue weighted by Crippen LogP contribution is 2.21. The predicted octanol–water partition coefficient (Wildman–Crippen LogP) is 2.82. The number of nitrogens with two attached hydrogens (primary N) is 1. The van der Waals surface area contributed by atoms with E-state index in [-0.39, 0.29) is 5.91 Å². The smallest absolute Gasteiger partial charge is 0.228 e. The Labute approximate surface area is 125 Å². The molecule has 4 nitrogen and oxygen atoms in total. The van der Waals surface area contributed by atoms with Crippen LogP contribution in [0.4, 0.5) is 17.1 Å². The number of hydrogen-bond donors (Lipinski definition) is 2. The van der Waals surface area contributed by atoms with Gasteiger partial charge in [0.1, 0.15) is 0 Å². The van der Waals surface area contributed by atoms with Crippen molar-refractivity contribution in [3.05, 3.63) is 53.6 Å². The van der Waals surface area contributed by atoms with E-state index in [0.29, 0.717) is 12.1 Å². The van der Waals surface area contributed by atoms with Gasteiger partial charge in [0.2, 0.25) is 5.91 Å². The van der Waals surface area contributed by atoms with E-state index in [1.807, 2.05) is 50.2 Å². The summed E-state index contributed by atoms with van der Waals surface area (Å²) in [5.74, 6) is -0.0273. The molecule has 0 heterocycles. The summed E-state index contributed by atoms with van der Waals surface area (Å²) in [5.41, 5.74) is 10.3. The number of anilines is 3. The van der Waals surface area contributed by atoms with E-state index in [0.717, 1.165) is 22.5 Å². The third kappa shape index (κ3) is 3.99. The number of aryl methyl sites for hydroxylation is 1. The molecule has 0 bridgehead atoms. The zero-order valence-electron chi connectivity index (χ0n) is 12.7. The number of nitrogens with one attached hydrogen (secondary N) is 1. The van der Waals surface area contributed by atoms with Gasteiger partial charge in [0.15, 0.2) is 0 Å². The molecular formula is C17H21N3O. The van der Waals surface area contributed by atoms with E-state index in [9.17, 15) is 4.79 Å². The maximum atomic E-state index is 12.1. The lowest BCUT2D eigenvalue weighted by Crippen LogP contribution is -2.15. The molecule has 110 valence electrons. The van der Waals surface area contributed by atoms with Crippen molar-refractivity contribution >= 4 is 23.0 Å². The van der Waals surface area contributed by atoms with Gasteiger partial charge in [0.25, 0.3) is 0 Å². The second-order valence-corrected chi connectivity index (χ2v) is 5.36. The molecule has 0 atom stereocenters. The lowest BCUT2D eigenvalue weighted by atomic mass is 10.1. The highest BCUT2D eigenvalue weighted by Gasteiger charge is 2.07. The van der Waals surface area contributed by atoms with Gasteiger partial charge in [-0.05, 0) is 48.4 Å². The van der Waals surface area contributed by atoms with E-state index < -0.39 is 0 Å². The maximum absolute atomic E-state index is 12.1. The summed E-state index contributed by atoms with van der Waals surface area (Å²) in [6, 6.07) is 13.3. The van der Waals surface area contributed by atoms with Gasteiger partial charge in [-0.15, -0.1) is 0 Å². The van der Waals surface area contributed by atoms with Gasteiger partial charge in [-0.25, -0.2) is 0 Å². The average Bonchev–Trinajstić information content (AvgIpc) is 2.43. The fraction of sp³-hybridized carbons (Fsp3) is 0.235. The van der Waals surface area contributed by atoms with Crippen molar-refractivity contribution in [1.29, 1.82) is 0 Å². The number of rotatable bonds is 4. The summed E-state index contributed by atoms with van der Waals surface area (Å²) < 4.78 is 0. The second-order valence-electron chi connectivity index (χ2n) is 5.36. The molecule has 0 aliphatic rings. The van der Waals surface area contributed by atoms with Gasteiger partial charge in [-0.1, -0.05) is 12.1 Å². The maximum Gasteiger partial charge on any atom is 0.228 e. The van der Waals surface area contributed by atoms with Crippen LogP contribution >= 0.6 is 0 Å². The van der Waals surface area contributed by atoms with Crippen LogP contribution in [0.5, 0.6) is 0 Å². The van der Waals surface area contributed by atoms with Crippen LogP contribution in [0.3, 0.4) is 0 Å². The van der Waals surface area contributed by atoms with Gasteiger partial charge in [0, 0.05) is 31.2 Å². The summed E-state index contributed by atoms with van der Waals surface area (Å²) in [5, 5.41) is 2.95. The number of benzene rings is 2. The zero-order chi connectivity index (χ0) is 15.4. The Balaban J connectivity index is 2.04. The summed E-state index contributed by atoms with van der Waals surface area (Å²) in [7, 11) is 3.99. The summed E-state index contributed by atoms with van der Waals surface area (Å²) in [6.07, 6.45) is 0.342. The van der Waals surface area contributed by atoms with Crippen LogP contribution in [0.15, 0.2) is 42.5 Å². The van der Waals surface area contributed by atoms with Crippen LogP contribution < -0.4 is 16.0 Å². The monoisotopic (exact) mass is 283 g/mol. The standard InChI is InChI=1S/C17H21N3O/c1-12-10-15(20(2)3)8-9-16(12)19-17(21)11-13-4-6-14(18)7-5-13/h4-10H,11,18H2,1-3H3,(H,19,21). The Morgan fingerprint density at radius 2 is 1.81 bits per heavy atom. The molecule has 0 spiro atoms. The Morgan fingerprint density at radius 1 is 1.14 bits per heavy atom. The molecule has 2 rings (SSSR count). The molecular weight excluding hydrogens is 262 g/mol. The number of amides is 1. The van der Waals surface area contributed by atoms with Crippen LogP contribution in [0.2, 0.25) is 0 Å².